The third-order valence-corrected chi connectivity index (χ3v) is 3.95. The Labute approximate surface area is 107 Å². The van der Waals surface area contributed by atoms with Gasteiger partial charge in [0.1, 0.15) is 0 Å². The predicted octanol–water partition coefficient (Wildman–Crippen LogP) is 4.08. The van der Waals surface area contributed by atoms with Gasteiger partial charge in [0, 0.05) is 5.41 Å². The average Bonchev–Trinajstić information content (AvgIpc) is 2.34. The number of para-hydroxylation sites is 1. The van der Waals surface area contributed by atoms with Crippen molar-refractivity contribution < 1.29 is 13.5 Å². The topological polar surface area (TPSA) is 9.23 Å². The van der Waals surface area contributed by atoms with Gasteiger partial charge in [0.05, 0.1) is 6.61 Å². The Hall–Kier alpha value is -0.770. The van der Waals surface area contributed by atoms with Crippen molar-refractivity contribution in [3.63, 3.8) is 0 Å². The lowest BCUT2D eigenvalue weighted by Crippen LogP contribution is -2.29. The highest BCUT2D eigenvalue weighted by Crippen LogP contribution is 2.30. The molecule has 0 saturated heterocycles. The molecule has 0 amide bonds. The molecule has 1 nitrogen and oxygen atoms in total. The van der Waals surface area contributed by atoms with E-state index in [0.717, 1.165) is 12.8 Å². The summed E-state index contributed by atoms with van der Waals surface area (Å²) in [5.41, 5.74) is -0.127. The summed E-state index contributed by atoms with van der Waals surface area (Å²) in [7, 11) is 0. The molecule has 4 heteroatoms. The fourth-order valence-corrected chi connectivity index (χ4v) is 2.11. The van der Waals surface area contributed by atoms with Crippen molar-refractivity contribution >= 4 is 12.6 Å². The Morgan fingerprint density at radius 3 is 2.12 bits per heavy atom. The van der Waals surface area contributed by atoms with Crippen molar-refractivity contribution in [2.24, 2.45) is 5.41 Å². The number of ether oxygens (including phenoxy) is 1. The lowest BCUT2D eigenvalue weighted by atomic mass is 9.85. The highest BCUT2D eigenvalue weighted by atomic mass is 32.1. The first-order valence-electron chi connectivity index (χ1n) is 5.76. The lowest BCUT2D eigenvalue weighted by Gasteiger charge is -2.29. The van der Waals surface area contributed by atoms with Gasteiger partial charge in [-0.3, -0.25) is 0 Å². The summed E-state index contributed by atoms with van der Waals surface area (Å²) in [4.78, 5) is 0. The van der Waals surface area contributed by atoms with Crippen LogP contribution in [0.4, 0.5) is 8.78 Å². The Kier molecular flexibility index (Phi) is 5.25. The Balaban J connectivity index is 2.79. The van der Waals surface area contributed by atoms with Gasteiger partial charge in [0.25, 0.3) is 0 Å². The zero-order chi connectivity index (χ0) is 12.9. The molecule has 0 aliphatic carbocycles. The second kappa shape index (κ2) is 6.24. The van der Waals surface area contributed by atoms with Crippen LogP contribution in [0.15, 0.2) is 18.2 Å². The predicted molar refractivity (Wildman–Crippen MR) is 68.7 cm³/mol. The first-order chi connectivity index (χ1) is 8.08. The quantitative estimate of drug-likeness (QED) is 0.758. The molecular formula is C13H18F2OS. The van der Waals surface area contributed by atoms with Crippen LogP contribution in [0, 0.1) is 17.0 Å². The number of hydrogen-bond acceptors (Lipinski definition) is 2. The van der Waals surface area contributed by atoms with E-state index in [9.17, 15) is 8.78 Å². The van der Waals surface area contributed by atoms with Crippen LogP contribution in [0.2, 0.25) is 0 Å². The number of benzene rings is 1. The van der Waals surface area contributed by atoms with E-state index in [-0.39, 0.29) is 17.8 Å². The summed E-state index contributed by atoms with van der Waals surface area (Å²) in [6.07, 6.45) is 1.73. The van der Waals surface area contributed by atoms with Crippen LogP contribution < -0.4 is 4.74 Å². The van der Waals surface area contributed by atoms with Crippen LogP contribution in [0.1, 0.15) is 26.7 Å². The van der Waals surface area contributed by atoms with Gasteiger partial charge in [-0.1, -0.05) is 19.9 Å². The molecule has 0 bridgehead atoms. The molecule has 0 spiro atoms. The molecular weight excluding hydrogens is 242 g/mol. The average molecular weight is 260 g/mol. The molecule has 0 saturated carbocycles. The van der Waals surface area contributed by atoms with Gasteiger partial charge >= 0.3 is 0 Å². The van der Waals surface area contributed by atoms with E-state index in [2.05, 4.69) is 12.6 Å². The Bertz CT molecular complexity index is 336. The second-order valence-corrected chi connectivity index (χ2v) is 4.52. The molecule has 17 heavy (non-hydrogen) atoms. The number of halogens is 2. The van der Waals surface area contributed by atoms with Gasteiger partial charge in [-0.15, -0.1) is 0 Å². The van der Waals surface area contributed by atoms with Crippen LogP contribution in [0.3, 0.4) is 0 Å². The van der Waals surface area contributed by atoms with Crippen molar-refractivity contribution in [1.82, 2.24) is 0 Å². The molecule has 1 rings (SSSR count). The molecule has 1 aromatic rings. The summed E-state index contributed by atoms with van der Waals surface area (Å²) >= 11 is 4.29. The van der Waals surface area contributed by atoms with Crippen LogP contribution in [-0.2, 0) is 0 Å². The smallest absolute Gasteiger partial charge is 0.190 e. The zero-order valence-electron chi connectivity index (χ0n) is 10.2. The largest absolute Gasteiger partial charge is 0.487 e. The van der Waals surface area contributed by atoms with Gasteiger partial charge in [-0.2, -0.15) is 12.6 Å². The maximum absolute atomic E-state index is 13.4. The third kappa shape index (κ3) is 3.35. The van der Waals surface area contributed by atoms with Crippen molar-refractivity contribution in [3.05, 3.63) is 29.8 Å². The van der Waals surface area contributed by atoms with E-state index in [1.165, 1.54) is 18.2 Å². The Morgan fingerprint density at radius 1 is 1.18 bits per heavy atom. The molecule has 0 aromatic heterocycles. The first kappa shape index (κ1) is 14.3. The van der Waals surface area contributed by atoms with Crippen molar-refractivity contribution in [2.45, 2.75) is 26.7 Å². The first-order valence-corrected chi connectivity index (χ1v) is 6.39. The second-order valence-electron chi connectivity index (χ2n) is 4.20. The van der Waals surface area contributed by atoms with Crippen molar-refractivity contribution in [3.8, 4) is 5.75 Å². The summed E-state index contributed by atoms with van der Waals surface area (Å²) in [6, 6.07) is 3.71. The van der Waals surface area contributed by atoms with Crippen LogP contribution in [0.5, 0.6) is 5.75 Å². The fourth-order valence-electron chi connectivity index (χ4n) is 1.57. The van der Waals surface area contributed by atoms with Gasteiger partial charge in [0.2, 0.25) is 0 Å². The molecule has 0 aliphatic rings. The fraction of sp³-hybridized carbons (Fsp3) is 0.538. The number of thiol groups is 1. The number of rotatable bonds is 6. The van der Waals surface area contributed by atoms with Crippen LogP contribution in [0.25, 0.3) is 0 Å². The molecule has 0 unspecified atom stereocenters. The van der Waals surface area contributed by atoms with Crippen LogP contribution >= 0.6 is 12.6 Å². The minimum absolute atomic E-state index is 0.127. The summed E-state index contributed by atoms with van der Waals surface area (Å²) < 4.78 is 32.0. The SMILES string of the molecule is CCC(CC)(CS)COc1c(F)cccc1F. The zero-order valence-corrected chi connectivity index (χ0v) is 11.1. The summed E-state index contributed by atoms with van der Waals surface area (Å²) in [6.45, 7) is 4.34. The van der Waals surface area contributed by atoms with E-state index >= 15 is 0 Å². The molecule has 0 N–H and O–H groups in total. The molecule has 96 valence electrons. The molecule has 1 aromatic carbocycles. The molecule has 0 atom stereocenters. The van der Waals surface area contributed by atoms with E-state index in [1.807, 2.05) is 13.8 Å². The molecule has 0 aliphatic heterocycles. The standard InChI is InChI=1S/C13H18F2OS/c1-3-13(4-2,9-17)8-16-12-10(14)6-5-7-11(12)15/h5-7,17H,3-4,8-9H2,1-2H3. The highest BCUT2D eigenvalue weighted by molar-refractivity contribution is 7.80. The minimum Gasteiger partial charge on any atom is -0.487 e. The monoisotopic (exact) mass is 260 g/mol. The maximum atomic E-state index is 13.4. The van der Waals surface area contributed by atoms with Crippen molar-refractivity contribution in [1.29, 1.82) is 0 Å². The highest BCUT2D eigenvalue weighted by Gasteiger charge is 2.26. The normalized spacial score (nSPS) is 11.6. The van der Waals surface area contributed by atoms with E-state index in [1.54, 1.807) is 0 Å². The van der Waals surface area contributed by atoms with E-state index in [4.69, 9.17) is 4.74 Å². The van der Waals surface area contributed by atoms with Gasteiger partial charge in [-0.05, 0) is 30.7 Å². The lowest BCUT2D eigenvalue weighted by molar-refractivity contribution is 0.147. The van der Waals surface area contributed by atoms with Gasteiger partial charge in [0.15, 0.2) is 17.4 Å². The van der Waals surface area contributed by atoms with Crippen LogP contribution in [-0.4, -0.2) is 12.4 Å². The summed E-state index contributed by atoms with van der Waals surface area (Å²) in [5, 5.41) is 0. The van der Waals surface area contributed by atoms with Gasteiger partial charge < -0.3 is 4.74 Å². The third-order valence-electron chi connectivity index (χ3n) is 3.28. The van der Waals surface area contributed by atoms with E-state index in [0.29, 0.717) is 5.75 Å². The summed E-state index contributed by atoms with van der Waals surface area (Å²) in [5.74, 6) is -0.980. The van der Waals surface area contributed by atoms with Crippen molar-refractivity contribution in [2.75, 3.05) is 12.4 Å². The van der Waals surface area contributed by atoms with E-state index < -0.39 is 11.6 Å². The Morgan fingerprint density at radius 2 is 1.71 bits per heavy atom. The molecule has 0 heterocycles. The molecule has 0 radical (unpaired) electrons. The molecule has 0 fully saturated rings. The number of hydrogen-bond donors (Lipinski definition) is 1. The maximum Gasteiger partial charge on any atom is 0.190 e. The van der Waals surface area contributed by atoms with Gasteiger partial charge in [-0.25, -0.2) is 8.78 Å². The minimum atomic E-state index is -0.662.